The van der Waals surface area contributed by atoms with Crippen LogP contribution in [-0.4, -0.2) is 28.9 Å². The molecular formula is C17H26N2OS. The Hall–Kier alpha value is -1.42. The standard InChI is InChI=1S/C17H26N2OS/c1-4-15(14-8-6-5-7-9-14)17(20)19(12-13(2)3)11-10-16(18)21/h5-9,13,15H,4,10-12H2,1-3H3,(H2,18,21). The Balaban J connectivity index is 2.88. The van der Waals surface area contributed by atoms with Gasteiger partial charge in [0.15, 0.2) is 0 Å². The maximum absolute atomic E-state index is 12.9. The van der Waals surface area contributed by atoms with Crippen LogP contribution < -0.4 is 5.73 Å². The van der Waals surface area contributed by atoms with Crippen molar-refractivity contribution in [2.75, 3.05) is 13.1 Å². The van der Waals surface area contributed by atoms with Crippen LogP contribution in [0.4, 0.5) is 0 Å². The lowest BCUT2D eigenvalue weighted by Crippen LogP contribution is -2.39. The molecule has 0 aliphatic carbocycles. The van der Waals surface area contributed by atoms with Crippen LogP contribution in [0.2, 0.25) is 0 Å². The number of rotatable bonds is 8. The van der Waals surface area contributed by atoms with E-state index < -0.39 is 0 Å². The number of amides is 1. The molecule has 1 atom stereocenters. The molecule has 0 aromatic heterocycles. The van der Waals surface area contributed by atoms with Gasteiger partial charge in [-0.25, -0.2) is 0 Å². The second kappa shape index (κ2) is 8.78. The van der Waals surface area contributed by atoms with E-state index in [9.17, 15) is 4.79 Å². The lowest BCUT2D eigenvalue weighted by atomic mass is 9.94. The second-order valence-electron chi connectivity index (χ2n) is 5.77. The van der Waals surface area contributed by atoms with Crippen molar-refractivity contribution in [3.05, 3.63) is 35.9 Å². The molecule has 0 aliphatic heterocycles. The smallest absolute Gasteiger partial charge is 0.230 e. The average molecular weight is 306 g/mol. The van der Waals surface area contributed by atoms with E-state index in [-0.39, 0.29) is 11.8 Å². The van der Waals surface area contributed by atoms with Gasteiger partial charge in [-0.15, -0.1) is 0 Å². The van der Waals surface area contributed by atoms with Gasteiger partial charge < -0.3 is 10.6 Å². The first-order chi connectivity index (χ1) is 9.95. The van der Waals surface area contributed by atoms with E-state index in [0.717, 1.165) is 18.5 Å². The van der Waals surface area contributed by atoms with E-state index in [1.807, 2.05) is 35.2 Å². The molecule has 116 valence electrons. The van der Waals surface area contributed by atoms with Crippen LogP contribution in [0.15, 0.2) is 30.3 Å². The van der Waals surface area contributed by atoms with Crippen molar-refractivity contribution in [1.29, 1.82) is 0 Å². The first-order valence-corrected chi connectivity index (χ1v) is 7.98. The van der Waals surface area contributed by atoms with E-state index in [0.29, 0.717) is 23.9 Å². The number of thiocarbonyl (C=S) groups is 1. The Morgan fingerprint density at radius 1 is 1.29 bits per heavy atom. The Morgan fingerprint density at radius 2 is 1.90 bits per heavy atom. The predicted octanol–water partition coefficient (Wildman–Crippen LogP) is 3.34. The quantitative estimate of drug-likeness (QED) is 0.749. The summed E-state index contributed by atoms with van der Waals surface area (Å²) in [4.78, 5) is 15.2. The van der Waals surface area contributed by atoms with Crippen molar-refractivity contribution < 1.29 is 4.79 Å². The molecule has 1 aromatic rings. The molecule has 0 aliphatic rings. The highest BCUT2D eigenvalue weighted by molar-refractivity contribution is 7.80. The van der Waals surface area contributed by atoms with E-state index in [4.69, 9.17) is 18.0 Å². The van der Waals surface area contributed by atoms with E-state index >= 15 is 0 Å². The molecule has 0 saturated heterocycles. The highest BCUT2D eigenvalue weighted by Gasteiger charge is 2.24. The van der Waals surface area contributed by atoms with Gasteiger partial charge >= 0.3 is 0 Å². The van der Waals surface area contributed by atoms with Crippen molar-refractivity contribution in [2.45, 2.75) is 39.5 Å². The minimum atomic E-state index is -0.0868. The van der Waals surface area contributed by atoms with Gasteiger partial charge in [0.25, 0.3) is 0 Å². The van der Waals surface area contributed by atoms with Crippen LogP contribution in [0, 0.1) is 5.92 Å². The van der Waals surface area contributed by atoms with Gasteiger partial charge in [-0.05, 0) is 17.9 Å². The van der Waals surface area contributed by atoms with Crippen molar-refractivity contribution in [2.24, 2.45) is 11.7 Å². The largest absolute Gasteiger partial charge is 0.393 e. The van der Waals surface area contributed by atoms with Crippen LogP contribution in [0.3, 0.4) is 0 Å². The number of hydrogen-bond acceptors (Lipinski definition) is 2. The van der Waals surface area contributed by atoms with Gasteiger partial charge in [0.05, 0.1) is 10.9 Å². The van der Waals surface area contributed by atoms with Crippen molar-refractivity contribution in [3.8, 4) is 0 Å². The van der Waals surface area contributed by atoms with Gasteiger partial charge in [-0.1, -0.05) is 63.3 Å². The molecule has 4 heteroatoms. The molecule has 1 aromatic carbocycles. The van der Waals surface area contributed by atoms with Crippen LogP contribution >= 0.6 is 12.2 Å². The van der Waals surface area contributed by atoms with E-state index in [2.05, 4.69) is 20.8 Å². The number of hydrogen-bond donors (Lipinski definition) is 1. The van der Waals surface area contributed by atoms with Crippen LogP contribution in [0.25, 0.3) is 0 Å². The molecule has 0 heterocycles. The topological polar surface area (TPSA) is 46.3 Å². The minimum absolute atomic E-state index is 0.0868. The van der Waals surface area contributed by atoms with Gasteiger partial charge in [0.1, 0.15) is 0 Å². The van der Waals surface area contributed by atoms with Crippen molar-refractivity contribution >= 4 is 23.1 Å². The molecule has 0 radical (unpaired) electrons. The van der Waals surface area contributed by atoms with E-state index in [1.165, 1.54) is 0 Å². The summed E-state index contributed by atoms with van der Waals surface area (Å²) < 4.78 is 0. The molecule has 0 fully saturated rings. The zero-order valence-electron chi connectivity index (χ0n) is 13.2. The molecule has 0 bridgehead atoms. The summed E-state index contributed by atoms with van der Waals surface area (Å²) in [7, 11) is 0. The average Bonchev–Trinajstić information content (AvgIpc) is 2.44. The molecule has 1 amide bonds. The molecule has 3 nitrogen and oxygen atoms in total. The van der Waals surface area contributed by atoms with Crippen molar-refractivity contribution in [3.63, 3.8) is 0 Å². The SMILES string of the molecule is CCC(C(=O)N(CCC(N)=S)CC(C)C)c1ccccc1. The fraction of sp³-hybridized carbons (Fsp3) is 0.529. The van der Waals surface area contributed by atoms with Gasteiger partial charge in [-0.2, -0.15) is 0 Å². The van der Waals surface area contributed by atoms with Crippen LogP contribution in [0.5, 0.6) is 0 Å². The number of nitrogens with zero attached hydrogens (tertiary/aromatic N) is 1. The Labute approximate surface area is 133 Å². The number of carbonyl (C=O) groups is 1. The van der Waals surface area contributed by atoms with Crippen LogP contribution in [0.1, 0.15) is 45.1 Å². The maximum atomic E-state index is 12.9. The third-order valence-corrected chi connectivity index (χ3v) is 3.64. The van der Waals surface area contributed by atoms with E-state index in [1.54, 1.807) is 0 Å². The third-order valence-electron chi connectivity index (χ3n) is 3.43. The molecule has 2 N–H and O–H groups in total. The normalized spacial score (nSPS) is 12.2. The summed E-state index contributed by atoms with van der Waals surface area (Å²) in [5, 5.41) is 0. The number of benzene rings is 1. The first kappa shape index (κ1) is 17.6. The molecule has 21 heavy (non-hydrogen) atoms. The van der Waals surface area contributed by atoms with Gasteiger partial charge in [0.2, 0.25) is 5.91 Å². The van der Waals surface area contributed by atoms with Crippen LogP contribution in [-0.2, 0) is 4.79 Å². The Kier molecular flexibility index (Phi) is 7.37. The number of carbonyl (C=O) groups excluding carboxylic acids is 1. The fourth-order valence-corrected chi connectivity index (χ4v) is 2.53. The fourth-order valence-electron chi connectivity index (χ4n) is 2.44. The molecule has 0 saturated carbocycles. The summed E-state index contributed by atoms with van der Waals surface area (Å²) in [6, 6.07) is 9.97. The summed E-state index contributed by atoms with van der Waals surface area (Å²) in [5.74, 6) is 0.513. The molecule has 1 rings (SSSR count). The summed E-state index contributed by atoms with van der Waals surface area (Å²) in [6.07, 6.45) is 1.38. The summed E-state index contributed by atoms with van der Waals surface area (Å²) in [6.45, 7) is 7.63. The highest BCUT2D eigenvalue weighted by atomic mass is 32.1. The third kappa shape index (κ3) is 5.84. The zero-order valence-corrected chi connectivity index (χ0v) is 14.0. The second-order valence-corrected chi connectivity index (χ2v) is 6.29. The first-order valence-electron chi connectivity index (χ1n) is 7.57. The Bertz CT molecular complexity index is 459. The highest BCUT2D eigenvalue weighted by Crippen LogP contribution is 2.22. The lowest BCUT2D eigenvalue weighted by Gasteiger charge is -2.28. The predicted molar refractivity (Wildman–Crippen MR) is 92.3 cm³/mol. The molecule has 1 unspecified atom stereocenters. The lowest BCUT2D eigenvalue weighted by molar-refractivity contribution is -0.133. The number of nitrogens with two attached hydrogens (primary N) is 1. The molecular weight excluding hydrogens is 280 g/mol. The minimum Gasteiger partial charge on any atom is -0.393 e. The summed E-state index contributed by atoms with van der Waals surface area (Å²) in [5.41, 5.74) is 6.66. The molecule has 0 spiro atoms. The summed E-state index contributed by atoms with van der Waals surface area (Å²) >= 11 is 4.94. The Morgan fingerprint density at radius 3 is 2.38 bits per heavy atom. The van der Waals surface area contributed by atoms with Gasteiger partial charge in [0, 0.05) is 19.5 Å². The zero-order chi connectivity index (χ0) is 15.8. The maximum Gasteiger partial charge on any atom is 0.230 e. The van der Waals surface area contributed by atoms with Crippen molar-refractivity contribution in [1.82, 2.24) is 4.90 Å². The monoisotopic (exact) mass is 306 g/mol. The van der Waals surface area contributed by atoms with Gasteiger partial charge in [-0.3, -0.25) is 4.79 Å².